The van der Waals surface area contributed by atoms with Crippen molar-refractivity contribution in [3.8, 4) is 0 Å². The molecule has 0 spiro atoms. The van der Waals surface area contributed by atoms with Crippen LogP contribution >= 0.6 is 23.2 Å². The first-order valence-electron chi connectivity index (χ1n) is 12.8. The van der Waals surface area contributed by atoms with Crippen molar-refractivity contribution < 1.29 is 26.3 Å². The third kappa shape index (κ3) is 7.56. The number of piperazine rings is 1. The van der Waals surface area contributed by atoms with Gasteiger partial charge in [-0.1, -0.05) is 48.5 Å². The van der Waals surface area contributed by atoms with Gasteiger partial charge in [-0.2, -0.15) is 26.3 Å². The number of halogens is 8. The Balaban J connectivity index is 1.48. The molecule has 1 aliphatic carbocycles. The zero-order valence-corrected chi connectivity index (χ0v) is 22.3. The molecule has 4 rings (SSSR count). The first-order valence-corrected chi connectivity index (χ1v) is 13.6. The maximum Gasteiger partial charge on any atom is 0.416 e. The molecule has 0 radical (unpaired) electrons. The molecule has 210 valence electrons. The highest BCUT2D eigenvalue weighted by Gasteiger charge is 2.37. The molecule has 0 amide bonds. The van der Waals surface area contributed by atoms with Crippen molar-refractivity contribution in [2.75, 3.05) is 32.7 Å². The molecule has 2 aliphatic rings. The van der Waals surface area contributed by atoms with Crippen molar-refractivity contribution in [3.63, 3.8) is 0 Å². The maximum atomic E-state index is 13.3. The van der Waals surface area contributed by atoms with Crippen LogP contribution in [0.25, 0.3) is 0 Å². The van der Waals surface area contributed by atoms with E-state index in [9.17, 15) is 26.3 Å². The fraction of sp³-hybridized carbons (Fsp3) is 0.556. The molecule has 2 fully saturated rings. The van der Waals surface area contributed by atoms with Crippen LogP contribution < -0.4 is 5.32 Å². The van der Waals surface area contributed by atoms with Crippen molar-refractivity contribution in [3.05, 3.63) is 68.7 Å². The fourth-order valence-electron chi connectivity index (χ4n) is 5.51. The summed E-state index contributed by atoms with van der Waals surface area (Å²) < 4.78 is 79.6. The second-order valence-electron chi connectivity index (χ2n) is 10.1. The van der Waals surface area contributed by atoms with Gasteiger partial charge in [-0.3, -0.25) is 9.80 Å². The second kappa shape index (κ2) is 12.3. The summed E-state index contributed by atoms with van der Waals surface area (Å²) in [4.78, 5) is 4.83. The Hall–Kier alpha value is -1.52. The van der Waals surface area contributed by atoms with E-state index in [1.165, 1.54) is 32.1 Å². The lowest BCUT2D eigenvalue weighted by Crippen LogP contribution is -2.52. The van der Waals surface area contributed by atoms with Crippen LogP contribution in [0.1, 0.15) is 60.4 Å². The van der Waals surface area contributed by atoms with Gasteiger partial charge in [0.05, 0.1) is 21.2 Å². The van der Waals surface area contributed by atoms with Crippen LogP contribution in [-0.2, 0) is 18.9 Å². The molecule has 3 nitrogen and oxygen atoms in total. The lowest BCUT2D eigenvalue weighted by atomic mass is 9.93. The minimum atomic E-state index is -4.88. The molecular weight excluding hydrogens is 551 g/mol. The van der Waals surface area contributed by atoms with Crippen molar-refractivity contribution in [1.82, 2.24) is 15.1 Å². The summed E-state index contributed by atoms with van der Waals surface area (Å²) in [6.45, 7) is 3.58. The maximum absolute atomic E-state index is 13.3. The predicted molar refractivity (Wildman–Crippen MR) is 137 cm³/mol. The molecule has 1 N–H and O–H groups in total. The number of hydrogen-bond acceptors (Lipinski definition) is 3. The monoisotopic (exact) mass is 581 g/mol. The molecule has 11 heteroatoms. The van der Waals surface area contributed by atoms with Crippen molar-refractivity contribution in [2.45, 2.75) is 63.1 Å². The Labute approximate surface area is 229 Å². The van der Waals surface area contributed by atoms with Crippen LogP contribution in [0.4, 0.5) is 26.3 Å². The van der Waals surface area contributed by atoms with Gasteiger partial charge in [0.25, 0.3) is 0 Å². The van der Waals surface area contributed by atoms with Gasteiger partial charge in [-0.25, -0.2) is 0 Å². The van der Waals surface area contributed by atoms with E-state index in [0.29, 0.717) is 22.6 Å². The summed E-state index contributed by atoms with van der Waals surface area (Å²) in [5.41, 5.74) is -1.83. The summed E-state index contributed by atoms with van der Waals surface area (Å²) in [7, 11) is 0. The molecule has 1 atom stereocenters. The van der Waals surface area contributed by atoms with Gasteiger partial charge < -0.3 is 5.32 Å². The summed E-state index contributed by atoms with van der Waals surface area (Å²) in [5, 5.41) is 3.90. The lowest BCUT2D eigenvalue weighted by Gasteiger charge is -2.43. The number of nitrogens with zero attached hydrogens (tertiary/aromatic N) is 2. The SMILES string of the molecule is FC(F)(F)c1cc(CNCC(c2ccc(Cl)c(Cl)c2)N2CCN(C3CCCCC3)CC2)cc(C(F)(F)F)c1. The number of alkyl halides is 6. The first-order chi connectivity index (χ1) is 17.9. The predicted octanol–water partition coefficient (Wildman–Crippen LogP) is 7.81. The summed E-state index contributed by atoms with van der Waals surface area (Å²) in [6, 6.07) is 7.44. The van der Waals surface area contributed by atoms with E-state index in [1.54, 1.807) is 12.1 Å². The second-order valence-corrected chi connectivity index (χ2v) is 10.9. The van der Waals surface area contributed by atoms with Gasteiger partial charge in [0.2, 0.25) is 0 Å². The van der Waals surface area contributed by atoms with E-state index >= 15 is 0 Å². The van der Waals surface area contributed by atoms with Crippen molar-refractivity contribution >= 4 is 23.2 Å². The molecule has 0 aromatic heterocycles. The summed E-state index contributed by atoms with van der Waals surface area (Å²) >= 11 is 12.4. The Kier molecular flexibility index (Phi) is 9.56. The number of nitrogens with one attached hydrogen (secondary N) is 1. The standard InChI is InChI=1S/C27H31Cl2F6N3/c28-23-7-6-19(14-24(23)29)25(38-10-8-37(9-11-38)22-4-2-1-3-5-22)17-36-16-18-12-20(26(30,31)32)15-21(13-18)27(33,34)35/h6-7,12-15,22,25,36H,1-5,8-11,16-17H2. The molecule has 1 saturated carbocycles. The zero-order valence-electron chi connectivity index (χ0n) is 20.8. The van der Waals surface area contributed by atoms with Crippen LogP contribution in [0.5, 0.6) is 0 Å². The number of hydrogen-bond donors (Lipinski definition) is 1. The van der Waals surface area contributed by atoms with Crippen molar-refractivity contribution in [2.24, 2.45) is 0 Å². The quantitative estimate of drug-likeness (QED) is 0.336. The highest BCUT2D eigenvalue weighted by molar-refractivity contribution is 6.42. The molecule has 1 unspecified atom stereocenters. The average Bonchev–Trinajstić information content (AvgIpc) is 2.88. The Morgan fingerprint density at radius 3 is 1.95 bits per heavy atom. The first kappa shape index (κ1) is 29.5. The van der Waals surface area contributed by atoms with Gasteiger partial charge >= 0.3 is 12.4 Å². The number of rotatable bonds is 7. The average molecular weight is 582 g/mol. The topological polar surface area (TPSA) is 18.5 Å². The van der Waals surface area contributed by atoms with E-state index in [0.717, 1.165) is 43.9 Å². The molecular formula is C27H31Cl2F6N3. The van der Waals surface area contributed by atoms with Gasteiger partial charge in [0, 0.05) is 51.4 Å². The smallest absolute Gasteiger partial charge is 0.311 e. The van der Waals surface area contributed by atoms with E-state index in [1.807, 2.05) is 6.07 Å². The van der Waals surface area contributed by atoms with Crippen LogP contribution in [0, 0.1) is 0 Å². The molecule has 2 aromatic carbocycles. The lowest BCUT2D eigenvalue weighted by molar-refractivity contribution is -0.143. The zero-order chi connectivity index (χ0) is 27.5. The van der Waals surface area contributed by atoms with E-state index in [-0.39, 0.29) is 24.2 Å². The Bertz CT molecular complexity index is 1050. The summed E-state index contributed by atoms with van der Waals surface area (Å²) in [5.74, 6) is 0. The Morgan fingerprint density at radius 1 is 0.789 bits per heavy atom. The van der Waals surface area contributed by atoms with Gasteiger partial charge in [-0.15, -0.1) is 0 Å². The molecule has 1 heterocycles. The minimum Gasteiger partial charge on any atom is -0.311 e. The minimum absolute atomic E-state index is 0.0813. The van der Waals surface area contributed by atoms with E-state index in [4.69, 9.17) is 23.2 Å². The van der Waals surface area contributed by atoms with E-state index < -0.39 is 23.5 Å². The van der Waals surface area contributed by atoms with Gasteiger partial charge in [0.15, 0.2) is 0 Å². The van der Waals surface area contributed by atoms with Crippen LogP contribution in [0.3, 0.4) is 0 Å². The molecule has 0 bridgehead atoms. The Morgan fingerprint density at radius 2 is 1.39 bits per heavy atom. The molecule has 1 aliphatic heterocycles. The highest BCUT2D eigenvalue weighted by atomic mass is 35.5. The molecule has 2 aromatic rings. The highest BCUT2D eigenvalue weighted by Crippen LogP contribution is 2.36. The van der Waals surface area contributed by atoms with Crippen LogP contribution in [-0.4, -0.2) is 48.6 Å². The largest absolute Gasteiger partial charge is 0.416 e. The fourth-order valence-corrected chi connectivity index (χ4v) is 5.82. The van der Waals surface area contributed by atoms with Crippen LogP contribution in [0.15, 0.2) is 36.4 Å². The molecule has 1 saturated heterocycles. The third-order valence-corrected chi connectivity index (χ3v) is 8.26. The van der Waals surface area contributed by atoms with Gasteiger partial charge in [0.1, 0.15) is 0 Å². The third-order valence-electron chi connectivity index (χ3n) is 7.52. The normalized spacial score (nSPS) is 19.6. The number of benzene rings is 2. The summed E-state index contributed by atoms with van der Waals surface area (Å²) in [6.07, 6.45) is -3.52. The van der Waals surface area contributed by atoms with Crippen LogP contribution in [0.2, 0.25) is 10.0 Å². The van der Waals surface area contributed by atoms with Gasteiger partial charge in [-0.05, 0) is 54.3 Å². The van der Waals surface area contributed by atoms with E-state index in [2.05, 4.69) is 15.1 Å². The van der Waals surface area contributed by atoms with Crippen molar-refractivity contribution in [1.29, 1.82) is 0 Å². The molecule has 38 heavy (non-hydrogen) atoms.